The Hall–Kier alpha value is -0.920. The maximum atomic E-state index is 12.2. The van der Waals surface area contributed by atoms with Crippen LogP contribution >= 0.6 is 11.8 Å². The van der Waals surface area contributed by atoms with Crippen molar-refractivity contribution in [3.63, 3.8) is 0 Å². The van der Waals surface area contributed by atoms with Crippen LogP contribution in [0.25, 0.3) is 0 Å². The molecule has 1 amide bonds. The molecular formula is C8H10F3NO3S. The summed E-state index contributed by atoms with van der Waals surface area (Å²) in [7, 11) is 0. The van der Waals surface area contributed by atoms with E-state index in [1.54, 1.807) is 6.26 Å². The lowest BCUT2D eigenvalue weighted by molar-refractivity contribution is -0.187. The first kappa shape index (κ1) is 13.1. The van der Waals surface area contributed by atoms with Crippen LogP contribution < -0.4 is 0 Å². The van der Waals surface area contributed by atoms with Crippen molar-refractivity contribution in [2.45, 2.75) is 23.9 Å². The first-order valence-corrected chi connectivity index (χ1v) is 5.69. The molecule has 16 heavy (non-hydrogen) atoms. The number of carbonyl (C=O) groups excluding carboxylic acids is 1. The van der Waals surface area contributed by atoms with Gasteiger partial charge < -0.3 is 10.0 Å². The Bertz CT molecular complexity index is 307. The van der Waals surface area contributed by atoms with Gasteiger partial charge in [-0.2, -0.15) is 24.9 Å². The topological polar surface area (TPSA) is 57.6 Å². The van der Waals surface area contributed by atoms with Gasteiger partial charge in [-0.3, -0.25) is 4.79 Å². The number of carboxylic acids is 1. The third-order valence-electron chi connectivity index (χ3n) is 2.38. The number of carboxylic acid groups (broad SMARTS) is 1. The third kappa shape index (κ3) is 2.60. The summed E-state index contributed by atoms with van der Waals surface area (Å²) in [6.07, 6.45) is -3.29. The van der Waals surface area contributed by atoms with Gasteiger partial charge in [0.05, 0.1) is 0 Å². The van der Waals surface area contributed by atoms with Crippen LogP contribution in [0.5, 0.6) is 0 Å². The fraction of sp³-hybridized carbons (Fsp3) is 0.750. The Balaban J connectivity index is 2.85. The predicted molar refractivity (Wildman–Crippen MR) is 51.1 cm³/mol. The second kappa shape index (κ2) is 4.52. The van der Waals surface area contributed by atoms with Gasteiger partial charge in [0.15, 0.2) is 0 Å². The standard InChI is InChI=1S/C8H10F3NO3S/c1-16-4-2-5(6(13)14)12(3-4)7(15)8(9,10)11/h4-5H,2-3H2,1H3,(H,13,14)/t4-,5+/m1/s1. The number of nitrogens with zero attached hydrogens (tertiary/aromatic N) is 1. The molecule has 8 heteroatoms. The summed E-state index contributed by atoms with van der Waals surface area (Å²) in [5.41, 5.74) is 0. The SMILES string of the molecule is CS[C@@H]1C[C@@H](C(=O)O)N(C(=O)C(F)(F)F)C1. The highest BCUT2D eigenvalue weighted by Gasteiger charge is 2.49. The smallest absolute Gasteiger partial charge is 0.471 e. The molecule has 4 nitrogen and oxygen atoms in total. The van der Waals surface area contributed by atoms with E-state index >= 15 is 0 Å². The van der Waals surface area contributed by atoms with Crippen LogP contribution in [0.1, 0.15) is 6.42 Å². The van der Waals surface area contributed by atoms with Gasteiger partial charge in [0.2, 0.25) is 0 Å². The number of likely N-dealkylation sites (tertiary alicyclic amines) is 1. The maximum Gasteiger partial charge on any atom is 0.471 e. The molecule has 0 unspecified atom stereocenters. The van der Waals surface area contributed by atoms with E-state index < -0.39 is 24.1 Å². The van der Waals surface area contributed by atoms with E-state index in [0.29, 0.717) is 4.90 Å². The minimum absolute atomic E-state index is 0.0539. The van der Waals surface area contributed by atoms with Gasteiger partial charge in [-0.15, -0.1) is 0 Å². The lowest BCUT2D eigenvalue weighted by Crippen LogP contribution is -2.46. The molecule has 0 aromatic heterocycles. The molecule has 0 aromatic carbocycles. The van der Waals surface area contributed by atoms with Crippen molar-refractivity contribution in [1.29, 1.82) is 0 Å². The molecule has 1 fully saturated rings. The molecular weight excluding hydrogens is 247 g/mol. The van der Waals surface area contributed by atoms with Gasteiger partial charge in [0, 0.05) is 11.8 Å². The largest absolute Gasteiger partial charge is 0.480 e. The minimum atomic E-state index is -5.01. The van der Waals surface area contributed by atoms with Crippen LogP contribution in [0.3, 0.4) is 0 Å². The van der Waals surface area contributed by atoms with Gasteiger partial charge >= 0.3 is 18.1 Å². The number of aliphatic carboxylic acids is 1. The van der Waals surface area contributed by atoms with Crippen LogP contribution in [-0.4, -0.2) is 52.2 Å². The zero-order chi connectivity index (χ0) is 12.5. The molecule has 1 heterocycles. The Morgan fingerprint density at radius 3 is 2.38 bits per heavy atom. The first-order valence-electron chi connectivity index (χ1n) is 4.40. The van der Waals surface area contributed by atoms with E-state index in [1.807, 2.05) is 0 Å². The minimum Gasteiger partial charge on any atom is -0.480 e. The lowest BCUT2D eigenvalue weighted by Gasteiger charge is -2.22. The van der Waals surface area contributed by atoms with Crippen molar-refractivity contribution in [1.82, 2.24) is 4.90 Å². The first-order chi connectivity index (χ1) is 7.27. The summed E-state index contributed by atoms with van der Waals surface area (Å²) in [4.78, 5) is 22.1. The van der Waals surface area contributed by atoms with Crippen LogP contribution in [0.4, 0.5) is 13.2 Å². The highest BCUT2D eigenvalue weighted by Crippen LogP contribution is 2.30. The van der Waals surface area contributed by atoms with Crippen molar-refractivity contribution >= 4 is 23.6 Å². The molecule has 1 aliphatic heterocycles. The van der Waals surface area contributed by atoms with Crippen LogP contribution in [-0.2, 0) is 9.59 Å². The number of hydrogen-bond donors (Lipinski definition) is 1. The summed E-state index contributed by atoms with van der Waals surface area (Å²) in [5, 5.41) is 8.48. The van der Waals surface area contributed by atoms with Crippen LogP contribution in [0.2, 0.25) is 0 Å². The van der Waals surface area contributed by atoms with E-state index in [4.69, 9.17) is 5.11 Å². The maximum absolute atomic E-state index is 12.2. The fourth-order valence-electron chi connectivity index (χ4n) is 1.59. The molecule has 0 bridgehead atoms. The fourth-order valence-corrected chi connectivity index (χ4v) is 2.27. The normalized spacial score (nSPS) is 25.9. The van der Waals surface area contributed by atoms with Gasteiger partial charge in [-0.05, 0) is 12.7 Å². The van der Waals surface area contributed by atoms with Crippen molar-refractivity contribution < 1.29 is 27.9 Å². The van der Waals surface area contributed by atoms with Crippen molar-refractivity contribution in [2.24, 2.45) is 0 Å². The highest BCUT2D eigenvalue weighted by atomic mass is 32.2. The zero-order valence-electron chi connectivity index (χ0n) is 8.32. The van der Waals surface area contributed by atoms with Gasteiger partial charge in [0.1, 0.15) is 6.04 Å². The molecule has 2 atom stereocenters. The predicted octanol–water partition coefficient (Wildman–Crippen LogP) is 0.966. The van der Waals surface area contributed by atoms with Crippen LogP contribution in [0.15, 0.2) is 0 Å². The average molecular weight is 257 g/mol. The second-order valence-corrected chi connectivity index (χ2v) is 4.54. The van der Waals surface area contributed by atoms with Crippen molar-refractivity contribution in [3.05, 3.63) is 0 Å². The Kier molecular flexibility index (Phi) is 3.72. The quantitative estimate of drug-likeness (QED) is 0.800. The number of rotatable bonds is 2. The molecule has 92 valence electrons. The number of hydrogen-bond acceptors (Lipinski definition) is 3. The lowest BCUT2D eigenvalue weighted by atomic mass is 10.2. The Labute approximate surface area is 93.8 Å². The summed E-state index contributed by atoms with van der Waals surface area (Å²) >= 11 is 1.26. The Morgan fingerprint density at radius 2 is 2.00 bits per heavy atom. The molecule has 1 N–H and O–H groups in total. The van der Waals surface area contributed by atoms with E-state index in [0.717, 1.165) is 0 Å². The van der Waals surface area contributed by atoms with Crippen LogP contribution in [0, 0.1) is 0 Å². The summed E-state index contributed by atoms with van der Waals surface area (Å²) in [6, 6.07) is -1.37. The number of alkyl halides is 3. The highest BCUT2D eigenvalue weighted by molar-refractivity contribution is 7.99. The molecule has 0 radical (unpaired) electrons. The molecule has 1 rings (SSSR count). The zero-order valence-corrected chi connectivity index (χ0v) is 9.14. The molecule has 0 aromatic rings. The summed E-state index contributed by atoms with van der Waals surface area (Å²) in [5.74, 6) is -3.47. The average Bonchev–Trinajstić information content (AvgIpc) is 2.58. The third-order valence-corrected chi connectivity index (χ3v) is 3.39. The van der Waals surface area contributed by atoms with E-state index in [2.05, 4.69) is 0 Å². The molecule has 0 aliphatic carbocycles. The number of thioether (sulfide) groups is 1. The van der Waals surface area contributed by atoms with Crippen molar-refractivity contribution in [2.75, 3.05) is 12.8 Å². The second-order valence-electron chi connectivity index (χ2n) is 3.40. The molecule has 0 spiro atoms. The van der Waals surface area contributed by atoms with E-state index in [-0.39, 0.29) is 18.2 Å². The monoisotopic (exact) mass is 257 g/mol. The number of carbonyl (C=O) groups is 2. The van der Waals surface area contributed by atoms with Crippen molar-refractivity contribution in [3.8, 4) is 0 Å². The summed E-state index contributed by atoms with van der Waals surface area (Å²) < 4.78 is 36.5. The Morgan fingerprint density at radius 1 is 1.44 bits per heavy atom. The molecule has 0 saturated carbocycles. The van der Waals surface area contributed by atoms with Gasteiger partial charge in [-0.1, -0.05) is 0 Å². The number of amides is 1. The molecule has 1 saturated heterocycles. The van der Waals surface area contributed by atoms with Gasteiger partial charge in [0.25, 0.3) is 0 Å². The summed E-state index contributed by atoms with van der Waals surface area (Å²) in [6.45, 7) is -0.170. The molecule has 1 aliphatic rings. The van der Waals surface area contributed by atoms with Gasteiger partial charge in [-0.25, -0.2) is 4.79 Å². The van der Waals surface area contributed by atoms with E-state index in [1.165, 1.54) is 11.8 Å². The van der Waals surface area contributed by atoms with E-state index in [9.17, 15) is 22.8 Å². The number of halogens is 3.